The Bertz CT molecular complexity index is 899. The minimum Gasteiger partial charge on any atom is -0.490 e. The molecule has 0 aromatic heterocycles. The van der Waals surface area contributed by atoms with Gasteiger partial charge in [-0.25, -0.2) is 4.39 Å². The lowest BCUT2D eigenvalue weighted by Gasteiger charge is -2.19. The van der Waals surface area contributed by atoms with E-state index >= 15 is 0 Å². The van der Waals surface area contributed by atoms with Gasteiger partial charge in [0, 0.05) is 36.2 Å². The van der Waals surface area contributed by atoms with Crippen LogP contribution in [0, 0.1) is 22.9 Å². The largest absolute Gasteiger partial charge is 0.490 e. The van der Waals surface area contributed by atoms with E-state index in [1.165, 1.54) is 25.3 Å². The predicted octanol–water partition coefficient (Wildman–Crippen LogP) is 2.24. The smallest absolute Gasteiger partial charge is 0.311 e. The Hall–Kier alpha value is -3.00. The standard InChI is InChI=1S/C20H22FN3O4/c1-13-9-18(24(26)27)19(28-2)10-17(13)22-20(25)12-23(15-7-8-15)11-14-5-3-4-6-16(14)21/h3-6,9-10,15H,7-8,11-12H2,1-2H3,(H,22,25)/p+1. The highest BCUT2D eigenvalue weighted by atomic mass is 19.1. The molecule has 1 fully saturated rings. The summed E-state index contributed by atoms with van der Waals surface area (Å²) < 4.78 is 19.0. The fraction of sp³-hybridized carbons (Fsp3) is 0.350. The van der Waals surface area contributed by atoms with Crippen LogP contribution in [0.3, 0.4) is 0 Å². The van der Waals surface area contributed by atoms with Crippen molar-refractivity contribution in [3.8, 4) is 5.75 Å². The molecule has 1 aliphatic carbocycles. The van der Waals surface area contributed by atoms with E-state index in [4.69, 9.17) is 4.74 Å². The summed E-state index contributed by atoms with van der Waals surface area (Å²) in [5.74, 6) is -0.405. The van der Waals surface area contributed by atoms with Crippen LogP contribution in [0.1, 0.15) is 24.0 Å². The van der Waals surface area contributed by atoms with Gasteiger partial charge in [-0.15, -0.1) is 0 Å². The van der Waals surface area contributed by atoms with Gasteiger partial charge in [-0.1, -0.05) is 18.2 Å². The SMILES string of the molecule is COc1cc(NC(=O)C[NH+](Cc2ccccc2F)C2CC2)c(C)cc1[N+](=O)[O-]. The van der Waals surface area contributed by atoms with Crippen molar-refractivity contribution >= 4 is 17.3 Å². The first-order valence-corrected chi connectivity index (χ1v) is 9.10. The highest BCUT2D eigenvalue weighted by Crippen LogP contribution is 2.32. The second-order valence-electron chi connectivity index (χ2n) is 7.02. The third-order valence-electron chi connectivity index (χ3n) is 4.91. The number of anilines is 1. The van der Waals surface area contributed by atoms with Gasteiger partial charge in [-0.05, 0) is 18.6 Å². The van der Waals surface area contributed by atoms with Crippen molar-refractivity contribution in [3.63, 3.8) is 0 Å². The minimum atomic E-state index is -0.523. The summed E-state index contributed by atoms with van der Waals surface area (Å²) in [6.07, 6.45) is 2.03. The van der Waals surface area contributed by atoms with Crippen molar-refractivity contribution in [3.05, 3.63) is 63.5 Å². The molecule has 0 heterocycles. The maximum atomic E-state index is 14.0. The summed E-state index contributed by atoms with van der Waals surface area (Å²) in [4.78, 5) is 24.2. The molecule has 0 aliphatic heterocycles. The highest BCUT2D eigenvalue weighted by molar-refractivity contribution is 5.92. The van der Waals surface area contributed by atoms with Crippen LogP contribution < -0.4 is 15.0 Å². The lowest BCUT2D eigenvalue weighted by molar-refractivity contribution is -0.917. The van der Waals surface area contributed by atoms with Crippen LogP contribution in [0.5, 0.6) is 5.75 Å². The number of benzene rings is 2. The molecule has 1 atom stereocenters. The van der Waals surface area contributed by atoms with Crippen LogP contribution in [0.25, 0.3) is 0 Å². The van der Waals surface area contributed by atoms with Gasteiger partial charge in [0.2, 0.25) is 0 Å². The monoisotopic (exact) mass is 388 g/mol. The van der Waals surface area contributed by atoms with Gasteiger partial charge >= 0.3 is 5.69 Å². The normalized spacial score (nSPS) is 14.4. The number of aryl methyl sites for hydroxylation is 1. The molecular formula is C20H23FN3O4+. The van der Waals surface area contributed by atoms with Crippen molar-refractivity contribution in [2.75, 3.05) is 19.0 Å². The third-order valence-corrected chi connectivity index (χ3v) is 4.91. The number of ether oxygens (including phenoxy) is 1. The number of amides is 1. The van der Waals surface area contributed by atoms with Gasteiger partial charge in [0.15, 0.2) is 12.3 Å². The average molecular weight is 388 g/mol. The molecule has 0 saturated heterocycles. The molecule has 0 bridgehead atoms. The van der Waals surface area contributed by atoms with Crippen molar-refractivity contribution in [1.29, 1.82) is 0 Å². The van der Waals surface area contributed by atoms with E-state index in [9.17, 15) is 19.3 Å². The number of quaternary nitrogens is 1. The van der Waals surface area contributed by atoms with Crippen LogP contribution in [0.15, 0.2) is 36.4 Å². The van der Waals surface area contributed by atoms with Crippen molar-refractivity contribution < 1.29 is 23.7 Å². The molecular weight excluding hydrogens is 365 g/mol. The molecule has 1 aliphatic rings. The number of nitro benzene ring substituents is 1. The first-order chi connectivity index (χ1) is 13.4. The van der Waals surface area contributed by atoms with E-state index in [0.29, 0.717) is 29.4 Å². The van der Waals surface area contributed by atoms with Crippen LogP contribution in [-0.2, 0) is 11.3 Å². The van der Waals surface area contributed by atoms with E-state index in [1.807, 2.05) is 0 Å². The number of nitrogens with zero attached hydrogens (tertiary/aromatic N) is 1. The topological polar surface area (TPSA) is 85.9 Å². The third kappa shape index (κ3) is 4.64. The number of halogens is 1. The lowest BCUT2D eigenvalue weighted by Crippen LogP contribution is -3.13. The summed E-state index contributed by atoms with van der Waals surface area (Å²) in [5, 5.41) is 13.9. The zero-order valence-electron chi connectivity index (χ0n) is 15.8. The molecule has 8 heteroatoms. The van der Waals surface area contributed by atoms with Crippen molar-refractivity contribution in [1.82, 2.24) is 0 Å². The Morgan fingerprint density at radius 3 is 2.68 bits per heavy atom. The fourth-order valence-corrected chi connectivity index (χ4v) is 3.24. The lowest BCUT2D eigenvalue weighted by atomic mass is 10.1. The quantitative estimate of drug-likeness (QED) is 0.536. The number of carbonyl (C=O) groups excluding carboxylic acids is 1. The molecule has 148 valence electrons. The number of hydrogen-bond donors (Lipinski definition) is 2. The Morgan fingerprint density at radius 1 is 1.36 bits per heavy atom. The van der Waals surface area contributed by atoms with Crippen LogP contribution >= 0.6 is 0 Å². The molecule has 7 nitrogen and oxygen atoms in total. The molecule has 28 heavy (non-hydrogen) atoms. The maximum Gasteiger partial charge on any atom is 0.311 e. The number of nitro groups is 1. The first kappa shape index (κ1) is 19.8. The van der Waals surface area contributed by atoms with Crippen LogP contribution in [-0.4, -0.2) is 30.5 Å². The maximum absolute atomic E-state index is 14.0. The first-order valence-electron chi connectivity index (χ1n) is 9.10. The number of methoxy groups -OCH3 is 1. The second kappa shape index (κ2) is 8.35. The molecule has 1 saturated carbocycles. The van der Waals surface area contributed by atoms with E-state index in [0.717, 1.165) is 17.7 Å². The van der Waals surface area contributed by atoms with Gasteiger partial charge in [0.1, 0.15) is 12.4 Å². The Labute approximate surface area is 162 Å². The Balaban J connectivity index is 1.71. The number of rotatable bonds is 8. The Kier molecular flexibility index (Phi) is 5.89. The molecule has 2 N–H and O–H groups in total. The summed E-state index contributed by atoms with van der Waals surface area (Å²) in [7, 11) is 1.34. The van der Waals surface area contributed by atoms with Gasteiger partial charge in [0.25, 0.3) is 5.91 Å². The summed E-state index contributed by atoms with van der Waals surface area (Å²) in [5.41, 5.74) is 1.48. The number of carbonyl (C=O) groups is 1. The van der Waals surface area contributed by atoms with Gasteiger partial charge < -0.3 is 15.0 Å². The molecule has 0 radical (unpaired) electrons. The van der Waals surface area contributed by atoms with Crippen LogP contribution in [0.4, 0.5) is 15.8 Å². The van der Waals surface area contributed by atoms with E-state index in [-0.39, 0.29) is 29.7 Å². The zero-order chi connectivity index (χ0) is 20.3. The van der Waals surface area contributed by atoms with Crippen molar-refractivity contribution in [2.24, 2.45) is 0 Å². The minimum absolute atomic E-state index is 0.0867. The Morgan fingerprint density at radius 2 is 2.07 bits per heavy atom. The second-order valence-corrected chi connectivity index (χ2v) is 7.02. The van der Waals surface area contributed by atoms with Gasteiger partial charge in [0.05, 0.1) is 18.1 Å². The van der Waals surface area contributed by atoms with Crippen molar-refractivity contribution in [2.45, 2.75) is 32.4 Å². The summed E-state index contributed by atoms with van der Waals surface area (Å²) in [6, 6.07) is 9.77. The molecule has 2 aromatic rings. The molecule has 2 aromatic carbocycles. The van der Waals surface area contributed by atoms with E-state index in [2.05, 4.69) is 5.32 Å². The van der Waals surface area contributed by atoms with Crippen LogP contribution in [0.2, 0.25) is 0 Å². The molecule has 1 unspecified atom stereocenters. The number of nitrogens with one attached hydrogen (secondary N) is 2. The predicted molar refractivity (Wildman–Crippen MR) is 102 cm³/mol. The highest BCUT2D eigenvalue weighted by Gasteiger charge is 2.35. The molecule has 0 spiro atoms. The fourth-order valence-electron chi connectivity index (χ4n) is 3.24. The van der Waals surface area contributed by atoms with Gasteiger partial charge in [-0.2, -0.15) is 0 Å². The van der Waals surface area contributed by atoms with E-state index in [1.54, 1.807) is 25.1 Å². The number of hydrogen-bond acceptors (Lipinski definition) is 4. The summed E-state index contributed by atoms with van der Waals surface area (Å²) >= 11 is 0. The van der Waals surface area contributed by atoms with E-state index < -0.39 is 4.92 Å². The molecule has 1 amide bonds. The average Bonchev–Trinajstić information content (AvgIpc) is 3.49. The zero-order valence-corrected chi connectivity index (χ0v) is 15.8. The molecule has 3 rings (SSSR count). The van der Waals surface area contributed by atoms with Gasteiger partial charge in [-0.3, -0.25) is 14.9 Å². The summed E-state index contributed by atoms with van der Waals surface area (Å²) in [6.45, 7) is 2.32.